The summed E-state index contributed by atoms with van der Waals surface area (Å²) in [5.41, 5.74) is 1.99. The third-order valence-electron chi connectivity index (χ3n) is 4.98. The first-order valence-electron chi connectivity index (χ1n) is 9.66. The minimum atomic E-state index is -0.469. The molecule has 0 bridgehead atoms. The van der Waals surface area contributed by atoms with E-state index in [2.05, 4.69) is 4.90 Å². The van der Waals surface area contributed by atoms with Crippen molar-refractivity contribution >= 4 is 11.8 Å². The number of hydrogen-bond acceptors (Lipinski definition) is 4. The maximum Gasteiger partial charge on any atom is 0.312 e. The molecule has 28 heavy (non-hydrogen) atoms. The predicted octanol–water partition coefficient (Wildman–Crippen LogP) is 1.35. The van der Waals surface area contributed by atoms with Crippen LogP contribution in [-0.4, -0.2) is 71.0 Å². The lowest BCUT2D eigenvalue weighted by atomic mass is 10.1. The van der Waals surface area contributed by atoms with E-state index in [0.29, 0.717) is 45.8 Å². The summed E-state index contributed by atoms with van der Waals surface area (Å²) in [4.78, 5) is 31.2. The van der Waals surface area contributed by atoms with Gasteiger partial charge in [-0.2, -0.15) is 0 Å². The van der Waals surface area contributed by atoms with Crippen molar-refractivity contribution < 1.29 is 14.7 Å². The van der Waals surface area contributed by atoms with E-state index < -0.39 is 11.8 Å². The maximum absolute atomic E-state index is 13.0. The molecule has 6 heteroatoms. The summed E-state index contributed by atoms with van der Waals surface area (Å²) in [5, 5.41) is 9.05. The molecule has 0 spiro atoms. The van der Waals surface area contributed by atoms with Crippen LogP contribution in [0.5, 0.6) is 0 Å². The fourth-order valence-electron chi connectivity index (χ4n) is 3.39. The normalized spacial score (nSPS) is 14.7. The first-order chi connectivity index (χ1) is 13.7. The molecule has 1 heterocycles. The average molecular weight is 381 g/mol. The van der Waals surface area contributed by atoms with Gasteiger partial charge >= 0.3 is 11.8 Å². The van der Waals surface area contributed by atoms with Crippen molar-refractivity contribution in [2.24, 2.45) is 0 Å². The molecule has 0 atom stereocenters. The second-order valence-corrected chi connectivity index (χ2v) is 6.99. The summed E-state index contributed by atoms with van der Waals surface area (Å²) >= 11 is 0. The molecule has 0 aliphatic carbocycles. The Hall–Kier alpha value is -2.70. The summed E-state index contributed by atoms with van der Waals surface area (Å²) in [6.07, 6.45) is 0. The summed E-state index contributed by atoms with van der Waals surface area (Å²) in [5.74, 6) is -0.918. The van der Waals surface area contributed by atoms with Crippen molar-refractivity contribution in [1.29, 1.82) is 0 Å². The molecule has 1 saturated heterocycles. The van der Waals surface area contributed by atoms with E-state index in [0.717, 1.165) is 11.1 Å². The zero-order valence-electron chi connectivity index (χ0n) is 16.0. The second kappa shape index (κ2) is 10.0. The number of amides is 2. The number of hydrogen-bond donors (Lipinski definition) is 1. The van der Waals surface area contributed by atoms with Crippen LogP contribution in [0.1, 0.15) is 11.1 Å². The van der Waals surface area contributed by atoms with Crippen LogP contribution in [0.2, 0.25) is 0 Å². The van der Waals surface area contributed by atoms with E-state index in [1.165, 1.54) is 0 Å². The number of piperazine rings is 1. The highest BCUT2D eigenvalue weighted by Gasteiger charge is 2.29. The van der Waals surface area contributed by atoms with Gasteiger partial charge in [0.15, 0.2) is 0 Å². The SMILES string of the molecule is O=C(C(=O)N(Cc1ccccc1)Cc1ccccc1)N1CCN(CCO)CC1. The molecule has 1 fully saturated rings. The highest BCUT2D eigenvalue weighted by molar-refractivity contribution is 6.34. The van der Waals surface area contributed by atoms with E-state index in [1.807, 2.05) is 60.7 Å². The third kappa shape index (κ3) is 5.41. The molecule has 1 aliphatic rings. The van der Waals surface area contributed by atoms with Crippen LogP contribution in [0.25, 0.3) is 0 Å². The van der Waals surface area contributed by atoms with Crippen LogP contribution in [-0.2, 0) is 22.7 Å². The Morgan fingerprint density at radius 2 is 1.32 bits per heavy atom. The van der Waals surface area contributed by atoms with Crippen molar-refractivity contribution in [3.63, 3.8) is 0 Å². The monoisotopic (exact) mass is 381 g/mol. The number of aliphatic hydroxyl groups excluding tert-OH is 1. The van der Waals surface area contributed by atoms with Crippen molar-refractivity contribution in [3.05, 3.63) is 71.8 Å². The van der Waals surface area contributed by atoms with Gasteiger partial charge in [-0.1, -0.05) is 60.7 Å². The number of benzene rings is 2. The second-order valence-electron chi connectivity index (χ2n) is 6.99. The van der Waals surface area contributed by atoms with Crippen LogP contribution in [0, 0.1) is 0 Å². The first kappa shape index (κ1) is 20.0. The van der Waals surface area contributed by atoms with Gasteiger partial charge in [0.2, 0.25) is 0 Å². The zero-order valence-corrected chi connectivity index (χ0v) is 16.0. The Morgan fingerprint density at radius 3 is 1.79 bits per heavy atom. The molecule has 3 rings (SSSR count). The van der Waals surface area contributed by atoms with Gasteiger partial charge in [-0.25, -0.2) is 0 Å². The number of β-amino-alcohol motifs (C(OH)–C–C–N with tert-alkyl or cyclic N) is 1. The van der Waals surface area contributed by atoms with E-state index >= 15 is 0 Å². The van der Waals surface area contributed by atoms with Crippen LogP contribution < -0.4 is 0 Å². The van der Waals surface area contributed by atoms with Crippen molar-refractivity contribution in [2.75, 3.05) is 39.3 Å². The molecule has 2 amide bonds. The van der Waals surface area contributed by atoms with E-state index in [4.69, 9.17) is 5.11 Å². The van der Waals surface area contributed by atoms with Gasteiger partial charge in [0, 0.05) is 45.8 Å². The molecule has 0 unspecified atom stereocenters. The van der Waals surface area contributed by atoms with E-state index in [1.54, 1.807) is 9.80 Å². The van der Waals surface area contributed by atoms with Gasteiger partial charge in [0.05, 0.1) is 6.61 Å². The smallest absolute Gasteiger partial charge is 0.312 e. The molecule has 6 nitrogen and oxygen atoms in total. The van der Waals surface area contributed by atoms with Gasteiger partial charge < -0.3 is 14.9 Å². The number of rotatable bonds is 6. The molecule has 0 radical (unpaired) electrons. The topological polar surface area (TPSA) is 64.1 Å². The van der Waals surface area contributed by atoms with E-state index in [9.17, 15) is 9.59 Å². The van der Waals surface area contributed by atoms with Gasteiger partial charge in [-0.05, 0) is 11.1 Å². The molecular weight excluding hydrogens is 354 g/mol. The minimum Gasteiger partial charge on any atom is -0.395 e. The van der Waals surface area contributed by atoms with Crippen LogP contribution in [0.3, 0.4) is 0 Å². The number of aliphatic hydroxyl groups is 1. The zero-order chi connectivity index (χ0) is 19.8. The van der Waals surface area contributed by atoms with Crippen LogP contribution in [0.15, 0.2) is 60.7 Å². The average Bonchev–Trinajstić information content (AvgIpc) is 2.74. The molecule has 1 aliphatic heterocycles. The van der Waals surface area contributed by atoms with Gasteiger partial charge in [-0.3, -0.25) is 14.5 Å². The molecule has 0 aromatic heterocycles. The van der Waals surface area contributed by atoms with Crippen LogP contribution >= 0.6 is 0 Å². The van der Waals surface area contributed by atoms with E-state index in [-0.39, 0.29) is 6.61 Å². The van der Waals surface area contributed by atoms with Gasteiger partial charge in [-0.15, -0.1) is 0 Å². The largest absolute Gasteiger partial charge is 0.395 e. The first-order valence-corrected chi connectivity index (χ1v) is 9.66. The van der Waals surface area contributed by atoms with Crippen molar-refractivity contribution in [1.82, 2.24) is 14.7 Å². The molecular formula is C22H27N3O3. The standard InChI is InChI=1S/C22H27N3O3/c26-16-15-23-11-13-24(14-12-23)21(27)22(28)25(17-19-7-3-1-4-8-19)18-20-9-5-2-6-10-20/h1-10,26H,11-18H2. The number of nitrogens with zero attached hydrogens (tertiary/aromatic N) is 3. The van der Waals surface area contributed by atoms with Gasteiger partial charge in [0.1, 0.15) is 0 Å². The van der Waals surface area contributed by atoms with Crippen LogP contribution in [0.4, 0.5) is 0 Å². The lowest BCUT2D eigenvalue weighted by Crippen LogP contribution is -2.53. The fourth-order valence-corrected chi connectivity index (χ4v) is 3.39. The molecule has 2 aromatic rings. The molecule has 2 aromatic carbocycles. The lowest BCUT2D eigenvalue weighted by molar-refractivity contribution is -0.153. The highest BCUT2D eigenvalue weighted by Crippen LogP contribution is 2.12. The fraction of sp³-hybridized carbons (Fsp3) is 0.364. The van der Waals surface area contributed by atoms with Gasteiger partial charge in [0.25, 0.3) is 0 Å². The summed E-state index contributed by atoms with van der Waals surface area (Å²) in [7, 11) is 0. The van der Waals surface area contributed by atoms with Crippen molar-refractivity contribution in [2.45, 2.75) is 13.1 Å². The summed E-state index contributed by atoms with van der Waals surface area (Å²) in [6, 6.07) is 19.4. The Kier molecular flexibility index (Phi) is 7.17. The minimum absolute atomic E-state index is 0.106. The quantitative estimate of drug-likeness (QED) is 0.768. The Bertz CT molecular complexity index is 718. The Balaban J connectivity index is 1.69. The van der Waals surface area contributed by atoms with Crippen molar-refractivity contribution in [3.8, 4) is 0 Å². The molecule has 148 valence electrons. The summed E-state index contributed by atoms with van der Waals surface area (Å²) in [6.45, 7) is 3.87. The highest BCUT2D eigenvalue weighted by atomic mass is 16.3. The predicted molar refractivity (Wildman–Crippen MR) is 107 cm³/mol. The Labute approximate surface area is 166 Å². The third-order valence-corrected chi connectivity index (χ3v) is 4.98. The summed E-state index contributed by atoms with van der Waals surface area (Å²) < 4.78 is 0. The molecule has 1 N–H and O–H groups in total. The number of carbonyl (C=O) groups excluding carboxylic acids is 2. The number of carbonyl (C=O) groups is 2. The Morgan fingerprint density at radius 1 is 0.821 bits per heavy atom. The molecule has 0 saturated carbocycles. The lowest BCUT2D eigenvalue weighted by Gasteiger charge is -2.35. The maximum atomic E-state index is 13.0.